The van der Waals surface area contributed by atoms with Crippen LogP contribution in [0.5, 0.6) is 0 Å². The van der Waals surface area contributed by atoms with Crippen molar-refractivity contribution in [2.45, 2.75) is 58.8 Å². The molecule has 0 aromatic carbocycles. The third-order valence-electron chi connectivity index (χ3n) is 5.43. The Morgan fingerprint density at radius 1 is 1.19 bits per heavy atom. The first-order valence-corrected chi connectivity index (χ1v) is 10.4. The lowest BCUT2D eigenvalue weighted by Gasteiger charge is -2.11. The number of carbonyl (C=O) groups excluding carboxylic acids is 1. The summed E-state index contributed by atoms with van der Waals surface area (Å²) in [4.78, 5) is 16.9. The molecule has 0 saturated heterocycles. The normalized spacial score (nSPS) is 14.4. The number of pyridine rings is 1. The maximum atomic E-state index is 13.7. The average Bonchev–Trinajstić information content (AvgIpc) is 3.46. The van der Waals surface area contributed by atoms with Gasteiger partial charge in [0.2, 0.25) is 5.91 Å². The summed E-state index contributed by atoms with van der Waals surface area (Å²) < 4.78 is 43.9. The molecule has 0 atom stereocenters. The third kappa shape index (κ3) is 4.26. The van der Waals surface area contributed by atoms with Gasteiger partial charge in [-0.15, -0.1) is 0 Å². The van der Waals surface area contributed by atoms with E-state index in [1.54, 1.807) is 11.6 Å². The van der Waals surface area contributed by atoms with Crippen molar-refractivity contribution >= 4 is 28.5 Å². The highest BCUT2D eigenvalue weighted by molar-refractivity contribution is 6.31. The van der Waals surface area contributed by atoms with Crippen LogP contribution in [0.1, 0.15) is 47.1 Å². The number of amides is 1. The lowest BCUT2D eigenvalue weighted by molar-refractivity contribution is -0.136. The van der Waals surface area contributed by atoms with Crippen LogP contribution in [0.2, 0.25) is 5.02 Å². The van der Waals surface area contributed by atoms with Crippen LogP contribution in [0, 0.1) is 20.8 Å². The quantitative estimate of drug-likeness (QED) is 0.612. The van der Waals surface area contributed by atoms with Crippen molar-refractivity contribution in [1.29, 1.82) is 0 Å². The Hall–Kier alpha value is -2.62. The summed E-state index contributed by atoms with van der Waals surface area (Å²) in [6.45, 7) is 5.63. The van der Waals surface area contributed by atoms with Gasteiger partial charge in [-0.3, -0.25) is 9.48 Å². The smallest absolute Gasteiger partial charge is 0.353 e. The monoisotopic (exact) mass is 454 g/mol. The van der Waals surface area contributed by atoms with Crippen LogP contribution in [0.4, 0.5) is 13.2 Å². The Bertz CT molecular complexity index is 1160. The van der Waals surface area contributed by atoms with E-state index in [1.165, 1.54) is 11.6 Å². The maximum absolute atomic E-state index is 13.7. The number of halogens is 4. The molecule has 1 aliphatic rings. The Labute approximate surface area is 181 Å². The van der Waals surface area contributed by atoms with E-state index in [0.717, 1.165) is 24.6 Å². The molecule has 3 aromatic rings. The topological polar surface area (TPSA) is 77.6 Å². The predicted octanol–water partition coefficient (Wildman–Crippen LogP) is 3.92. The second-order valence-electron chi connectivity index (χ2n) is 7.87. The lowest BCUT2D eigenvalue weighted by Crippen LogP contribution is -2.31. The average molecular weight is 455 g/mol. The number of nitrogens with one attached hydrogen (secondary N) is 1. The van der Waals surface area contributed by atoms with Crippen LogP contribution in [-0.4, -0.2) is 37.0 Å². The zero-order valence-electron chi connectivity index (χ0n) is 17.3. The summed E-state index contributed by atoms with van der Waals surface area (Å²) in [5.74, 6) is -0.334. The number of hydrogen-bond acceptors (Lipinski definition) is 4. The van der Waals surface area contributed by atoms with E-state index >= 15 is 0 Å². The van der Waals surface area contributed by atoms with E-state index in [-0.39, 0.29) is 35.1 Å². The fraction of sp³-hybridized carbons (Fsp3) is 0.500. The third-order valence-corrected chi connectivity index (χ3v) is 5.98. The molecule has 31 heavy (non-hydrogen) atoms. The van der Waals surface area contributed by atoms with E-state index in [9.17, 15) is 18.0 Å². The standard InChI is InChI=1S/C20H22ClF3N6O/c1-10-17-14(20(22,23)24)8-15(13-4-5-13)26-19(17)30(27-10)9-16(31)25-6-7-29-12(3)18(21)11(2)28-29/h8,13H,4-7,9H2,1-3H3,(H,25,31). The number of aromatic nitrogens is 5. The van der Waals surface area contributed by atoms with Gasteiger partial charge in [0.1, 0.15) is 6.54 Å². The molecule has 1 fully saturated rings. The van der Waals surface area contributed by atoms with Gasteiger partial charge >= 0.3 is 6.18 Å². The summed E-state index contributed by atoms with van der Waals surface area (Å²) in [7, 11) is 0. The molecule has 7 nitrogen and oxygen atoms in total. The maximum Gasteiger partial charge on any atom is 0.417 e. The van der Waals surface area contributed by atoms with E-state index < -0.39 is 11.7 Å². The van der Waals surface area contributed by atoms with Gasteiger partial charge in [-0.25, -0.2) is 9.67 Å². The van der Waals surface area contributed by atoms with E-state index in [4.69, 9.17) is 11.6 Å². The molecule has 4 rings (SSSR count). The second kappa shape index (κ2) is 7.81. The zero-order chi connectivity index (χ0) is 22.5. The van der Waals surface area contributed by atoms with Crippen LogP contribution >= 0.6 is 11.6 Å². The highest BCUT2D eigenvalue weighted by Crippen LogP contribution is 2.43. The largest absolute Gasteiger partial charge is 0.417 e. The van der Waals surface area contributed by atoms with Gasteiger partial charge in [0, 0.05) is 18.2 Å². The van der Waals surface area contributed by atoms with Crippen molar-refractivity contribution in [3.8, 4) is 0 Å². The van der Waals surface area contributed by atoms with Crippen molar-refractivity contribution in [3.63, 3.8) is 0 Å². The molecule has 0 unspecified atom stereocenters. The van der Waals surface area contributed by atoms with Gasteiger partial charge in [-0.05, 0) is 39.7 Å². The highest BCUT2D eigenvalue weighted by atomic mass is 35.5. The van der Waals surface area contributed by atoms with Crippen molar-refractivity contribution in [2.75, 3.05) is 6.54 Å². The van der Waals surface area contributed by atoms with Gasteiger partial charge in [-0.1, -0.05) is 11.6 Å². The first kappa shape index (κ1) is 21.6. The molecule has 0 radical (unpaired) electrons. The first-order valence-electron chi connectivity index (χ1n) is 9.97. The molecule has 3 heterocycles. The minimum atomic E-state index is -4.52. The predicted molar refractivity (Wildman–Crippen MR) is 109 cm³/mol. The van der Waals surface area contributed by atoms with Crippen LogP contribution in [0.3, 0.4) is 0 Å². The van der Waals surface area contributed by atoms with Gasteiger partial charge in [0.25, 0.3) is 0 Å². The van der Waals surface area contributed by atoms with E-state index in [2.05, 4.69) is 20.5 Å². The van der Waals surface area contributed by atoms with Gasteiger partial charge in [0.15, 0.2) is 5.65 Å². The van der Waals surface area contributed by atoms with Crippen LogP contribution in [-0.2, 0) is 24.1 Å². The minimum Gasteiger partial charge on any atom is -0.353 e. The molecular weight excluding hydrogens is 433 g/mol. The molecule has 1 N–H and O–H groups in total. The zero-order valence-corrected chi connectivity index (χ0v) is 18.1. The summed E-state index contributed by atoms with van der Waals surface area (Å²) >= 11 is 6.12. The fourth-order valence-electron chi connectivity index (χ4n) is 3.68. The number of fused-ring (bicyclic) bond motifs is 1. The molecule has 166 valence electrons. The Balaban J connectivity index is 1.53. The van der Waals surface area contributed by atoms with Gasteiger partial charge in [0.05, 0.1) is 39.6 Å². The molecule has 1 saturated carbocycles. The van der Waals surface area contributed by atoms with Gasteiger partial charge in [-0.2, -0.15) is 23.4 Å². The number of carbonyl (C=O) groups is 1. The number of aryl methyl sites for hydroxylation is 2. The summed E-state index contributed by atoms with van der Waals surface area (Å²) in [6, 6.07) is 1.12. The highest BCUT2D eigenvalue weighted by Gasteiger charge is 2.37. The fourth-order valence-corrected chi connectivity index (χ4v) is 3.82. The molecule has 1 aliphatic carbocycles. The molecule has 0 aliphatic heterocycles. The van der Waals surface area contributed by atoms with Crippen molar-refractivity contribution in [1.82, 2.24) is 29.9 Å². The summed E-state index contributed by atoms with van der Waals surface area (Å²) in [5, 5.41) is 11.8. The number of rotatable bonds is 6. The molecule has 11 heteroatoms. The van der Waals surface area contributed by atoms with E-state index in [1.807, 2.05) is 6.92 Å². The molecule has 0 bridgehead atoms. The summed E-state index contributed by atoms with van der Waals surface area (Å²) in [6.07, 6.45) is -2.88. The molecule has 0 spiro atoms. The first-order chi connectivity index (χ1) is 14.6. The van der Waals surface area contributed by atoms with Crippen LogP contribution in [0.25, 0.3) is 11.0 Å². The SMILES string of the molecule is Cc1nn(CCNC(=O)Cn2nc(C)c3c(C(F)(F)F)cc(C4CC4)nc32)c(C)c1Cl. The van der Waals surface area contributed by atoms with Crippen molar-refractivity contribution in [3.05, 3.63) is 39.4 Å². The number of alkyl halides is 3. The Morgan fingerprint density at radius 3 is 2.45 bits per heavy atom. The Kier molecular flexibility index (Phi) is 5.45. The molecule has 1 amide bonds. The van der Waals surface area contributed by atoms with Crippen molar-refractivity contribution in [2.24, 2.45) is 0 Å². The minimum absolute atomic E-state index is 0.0376. The number of nitrogens with zero attached hydrogens (tertiary/aromatic N) is 5. The lowest BCUT2D eigenvalue weighted by atomic mass is 10.1. The second-order valence-corrected chi connectivity index (χ2v) is 8.24. The Morgan fingerprint density at radius 2 is 1.87 bits per heavy atom. The molecular formula is C20H22ClF3N6O. The van der Waals surface area contributed by atoms with E-state index in [0.29, 0.717) is 29.5 Å². The van der Waals surface area contributed by atoms with Crippen molar-refractivity contribution < 1.29 is 18.0 Å². The van der Waals surface area contributed by atoms with Crippen LogP contribution in [0.15, 0.2) is 6.07 Å². The molecule has 3 aromatic heterocycles. The van der Waals surface area contributed by atoms with Gasteiger partial charge < -0.3 is 5.32 Å². The summed E-state index contributed by atoms with van der Waals surface area (Å²) in [5.41, 5.74) is 1.46. The number of hydrogen-bond donors (Lipinski definition) is 1. The van der Waals surface area contributed by atoms with Crippen LogP contribution < -0.4 is 5.32 Å².